The van der Waals surface area contributed by atoms with Crippen LogP contribution < -0.4 is 16.0 Å². The molecule has 2 amide bonds. The Bertz CT molecular complexity index is 2570. The Kier molecular flexibility index (Phi) is 20.8. The standard InChI is InChI=1S/C18H29N4O8P.C14H21N2O7P.C11H17N2O7P/c1-2-3-8-28-9-4-6-19-12-5-7-20-17-14(12)21-11-22(17)18-16(24)15(23)13(30-18)10-29-31(25,26)27;1-8-15-11(17)4-5-16(8)10-6-9(7-21-24(18,19)20)12-13(10)23-14(2,3)22-12;1-6-12-9(14)2-3-13(6)8-4-7(10(15)11(8)16)5-20-21(17,18)19/h5,7,11,13,15-16,18,23-24H,2-4,6,8-10H2,1H3,(H,19,20)(H2,25,26,27);4-5,9-10,12-13H,1,6-7H2,2-3H3,(H,15,17)(H2,18,19,20);2-3,7-8,10-11,15-16H,1,4-5H2,(H,12,14)(H2,17,18,19)/t13?,15-,16-,18-;9?,10-,12-,13?;7?,8-,10-,11+/m111/s1. The van der Waals surface area contributed by atoms with Gasteiger partial charge < -0.3 is 94.5 Å². The van der Waals surface area contributed by atoms with Gasteiger partial charge >= 0.3 is 23.5 Å². The van der Waals surface area contributed by atoms with Crippen LogP contribution in [0.2, 0.25) is 0 Å². The predicted molar refractivity (Wildman–Crippen MR) is 262 cm³/mol. The van der Waals surface area contributed by atoms with E-state index in [0.29, 0.717) is 36.6 Å². The number of amides is 2. The van der Waals surface area contributed by atoms with Crippen LogP contribution in [0, 0.1) is 11.8 Å². The lowest BCUT2D eigenvalue weighted by Crippen LogP contribution is -2.45. The average Bonchev–Trinajstić information content (AvgIpc) is 4.12. The molecule has 426 valence electrons. The fraction of sp³-hybridized carbons (Fsp3) is 0.628. The maximum Gasteiger partial charge on any atom is 0.469 e. The van der Waals surface area contributed by atoms with Crippen molar-refractivity contribution in [2.75, 3.05) is 44.9 Å². The molecule has 0 aromatic carbocycles. The zero-order valence-electron chi connectivity index (χ0n) is 41.6. The summed E-state index contributed by atoms with van der Waals surface area (Å²) in [5, 5.41) is 49.0. The van der Waals surface area contributed by atoms with E-state index in [9.17, 15) is 43.7 Å². The van der Waals surface area contributed by atoms with Crippen LogP contribution >= 0.6 is 23.5 Å². The van der Waals surface area contributed by atoms with Crippen molar-refractivity contribution in [2.45, 2.75) is 120 Å². The molecule has 6 heterocycles. The van der Waals surface area contributed by atoms with E-state index in [0.717, 1.165) is 31.6 Å². The summed E-state index contributed by atoms with van der Waals surface area (Å²) in [6.07, 6.45) is 4.48. The van der Waals surface area contributed by atoms with Gasteiger partial charge in [-0.2, -0.15) is 0 Å². The molecule has 4 fully saturated rings. The van der Waals surface area contributed by atoms with E-state index in [-0.39, 0.29) is 61.4 Å². The van der Waals surface area contributed by atoms with Crippen LogP contribution in [-0.4, -0.2) is 186 Å². The minimum absolute atomic E-state index is 0.141. The van der Waals surface area contributed by atoms with Crippen molar-refractivity contribution in [2.24, 2.45) is 11.8 Å². The third kappa shape index (κ3) is 16.5. The number of pyridine rings is 1. The molecule has 76 heavy (non-hydrogen) atoms. The minimum Gasteiger partial charge on any atom is -0.390 e. The summed E-state index contributed by atoms with van der Waals surface area (Å²) in [4.78, 5) is 87.4. The van der Waals surface area contributed by atoms with Crippen LogP contribution in [0.3, 0.4) is 0 Å². The highest BCUT2D eigenvalue weighted by Crippen LogP contribution is 2.47. The Morgan fingerprint density at radius 1 is 0.750 bits per heavy atom. The van der Waals surface area contributed by atoms with Gasteiger partial charge in [-0.05, 0) is 45.6 Å². The second-order valence-corrected chi connectivity index (χ2v) is 22.5. The zero-order valence-corrected chi connectivity index (χ0v) is 44.3. The van der Waals surface area contributed by atoms with Crippen molar-refractivity contribution in [1.29, 1.82) is 0 Å². The van der Waals surface area contributed by atoms with E-state index in [2.05, 4.69) is 59.6 Å². The average molecular weight is 1140 g/mol. The number of anilines is 1. The summed E-state index contributed by atoms with van der Waals surface area (Å²) < 4.78 is 70.5. The summed E-state index contributed by atoms with van der Waals surface area (Å²) in [6.45, 7) is 14.2. The first-order valence-corrected chi connectivity index (χ1v) is 28.5. The molecule has 30 nitrogen and oxygen atoms in total. The molecule has 12 atom stereocenters. The number of imidazole rings is 1. The molecule has 13 N–H and O–H groups in total. The summed E-state index contributed by atoms with van der Waals surface area (Å²) in [7, 11) is -13.9. The van der Waals surface area contributed by atoms with Gasteiger partial charge in [-0.1, -0.05) is 26.5 Å². The zero-order chi connectivity index (χ0) is 55.9. The number of carbonyl (C=O) groups excluding carboxylic acids is 2. The van der Waals surface area contributed by atoms with Crippen LogP contribution in [0.25, 0.3) is 11.2 Å². The van der Waals surface area contributed by atoms with Crippen molar-refractivity contribution in [3.63, 3.8) is 0 Å². The second-order valence-electron chi connectivity index (χ2n) is 18.8. The number of aliphatic hydroxyl groups is 4. The predicted octanol–water partition coefficient (Wildman–Crippen LogP) is -0.178. The maximum absolute atomic E-state index is 11.4. The monoisotopic (exact) mass is 1140 g/mol. The number of hydrogen-bond acceptors (Lipinski definition) is 21. The SMILES string of the molecule is C=C1NC(=O)C=CN1[C@@H]1CC(COP(=O)(O)O)[C@@H](O)[C@H]1O.C=C1NC(=O)C=CN1[C@@H]1CC(COP(=O)(O)O)[C@H]2OC(C)(C)OC21.CCCCOCCCNc1ccnc2c1ncn2[C@@H]1OC(COP(=O)(O)O)[C@@H](O)[C@H]1O. The smallest absolute Gasteiger partial charge is 0.390 e. The van der Waals surface area contributed by atoms with Crippen LogP contribution in [-0.2, 0) is 55.8 Å². The molecule has 2 saturated carbocycles. The van der Waals surface area contributed by atoms with Gasteiger partial charge in [-0.15, -0.1) is 0 Å². The highest BCUT2D eigenvalue weighted by molar-refractivity contribution is 7.46. The number of fused-ring (bicyclic) bond motifs is 2. The van der Waals surface area contributed by atoms with Crippen LogP contribution in [0.4, 0.5) is 5.69 Å². The highest BCUT2D eigenvalue weighted by atomic mass is 31.2. The van der Waals surface area contributed by atoms with E-state index >= 15 is 0 Å². The van der Waals surface area contributed by atoms with E-state index < -0.39 is 84.6 Å². The first-order valence-electron chi connectivity index (χ1n) is 24.0. The molecule has 6 aliphatic rings. The van der Waals surface area contributed by atoms with Crippen LogP contribution in [0.5, 0.6) is 0 Å². The quantitative estimate of drug-likeness (QED) is 0.0604. The van der Waals surface area contributed by atoms with Gasteiger partial charge in [0.05, 0.1) is 56.1 Å². The Balaban J connectivity index is 0.000000189. The number of ether oxygens (including phenoxy) is 4. The topological polar surface area (TPSA) is 426 Å². The molecule has 4 unspecified atom stereocenters. The Labute approximate surface area is 436 Å². The number of carbonyl (C=O) groups is 2. The number of hydrogen-bond donors (Lipinski definition) is 13. The second kappa shape index (κ2) is 25.8. The number of aromatic nitrogens is 3. The lowest BCUT2D eigenvalue weighted by molar-refractivity contribution is -0.162. The van der Waals surface area contributed by atoms with E-state index in [4.69, 9.17) is 48.3 Å². The largest absolute Gasteiger partial charge is 0.469 e. The molecule has 2 aromatic rings. The first kappa shape index (κ1) is 61.1. The van der Waals surface area contributed by atoms with Crippen LogP contribution in [0.1, 0.15) is 59.1 Å². The van der Waals surface area contributed by atoms with E-state index in [1.807, 2.05) is 0 Å². The summed E-state index contributed by atoms with van der Waals surface area (Å²) in [5.41, 5.74) is 1.75. The molecule has 2 saturated heterocycles. The van der Waals surface area contributed by atoms with E-state index in [1.165, 1.54) is 34.1 Å². The number of nitrogens with zero attached hydrogens (tertiary/aromatic N) is 5. The Hall–Kier alpha value is -4.07. The van der Waals surface area contributed by atoms with Gasteiger partial charge in [-0.3, -0.25) is 27.7 Å². The number of aliphatic hydroxyl groups excluding tert-OH is 4. The Morgan fingerprint density at radius 2 is 1.30 bits per heavy atom. The number of unbranched alkanes of at least 4 members (excludes halogenated alkanes) is 1. The molecular weight excluding hydrogens is 1070 g/mol. The number of nitrogens with one attached hydrogen (secondary N) is 3. The summed E-state index contributed by atoms with van der Waals surface area (Å²) in [6, 6.07) is 1.02. The summed E-state index contributed by atoms with van der Waals surface area (Å²) >= 11 is 0. The fourth-order valence-electron chi connectivity index (χ4n) is 9.29. The van der Waals surface area contributed by atoms with Crippen LogP contribution in [0.15, 0.2) is 67.9 Å². The molecule has 33 heteroatoms. The molecule has 8 rings (SSSR count). The van der Waals surface area contributed by atoms with Gasteiger partial charge in [0.1, 0.15) is 47.7 Å². The van der Waals surface area contributed by atoms with E-state index in [1.54, 1.807) is 37.2 Å². The Morgan fingerprint density at radius 3 is 1.89 bits per heavy atom. The van der Waals surface area contributed by atoms with Gasteiger partial charge in [-0.25, -0.2) is 23.7 Å². The van der Waals surface area contributed by atoms with Gasteiger partial charge in [0.15, 0.2) is 17.7 Å². The normalized spacial score (nSPS) is 30.2. The molecule has 0 radical (unpaired) electrons. The highest BCUT2D eigenvalue weighted by Gasteiger charge is 2.56. The molecule has 2 aromatic heterocycles. The lowest BCUT2D eigenvalue weighted by atomic mass is 10.1. The fourth-order valence-corrected chi connectivity index (χ4v) is 10.4. The number of phosphoric ester groups is 3. The third-order valence-corrected chi connectivity index (χ3v) is 14.2. The van der Waals surface area contributed by atoms with Gasteiger partial charge in [0.2, 0.25) is 0 Å². The van der Waals surface area contributed by atoms with Crippen molar-refractivity contribution < 1.29 is 106 Å². The summed E-state index contributed by atoms with van der Waals surface area (Å²) in [5.74, 6) is -1.61. The molecule has 0 bridgehead atoms. The number of phosphoric acid groups is 3. The molecule has 0 spiro atoms. The molecular formula is C43H67N8O22P3. The molecule has 2 aliphatic carbocycles. The minimum atomic E-state index is -4.73. The third-order valence-electron chi connectivity index (χ3n) is 12.8. The van der Waals surface area contributed by atoms with Gasteiger partial charge in [0.25, 0.3) is 11.8 Å². The van der Waals surface area contributed by atoms with Crippen molar-refractivity contribution in [3.8, 4) is 0 Å². The van der Waals surface area contributed by atoms with Crippen molar-refractivity contribution in [3.05, 3.63) is 67.9 Å². The molecule has 4 aliphatic heterocycles. The van der Waals surface area contributed by atoms with Gasteiger partial charge in [0, 0.05) is 62.3 Å². The lowest BCUT2D eigenvalue weighted by Gasteiger charge is -2.34. The van der Waals surface area contributed by atoms with Crippen molar-refractivity contribution >= 4 is 52.1 Å². The maximum atomic E-state index is 11.4. The first-order chi connectivity index (χ1) is 35.6. The van der Waals surface area contributed by atoms with Crippen molar-refractivity contribution in [1.82, 2.24) is 35.0 Å². The number of rotatable bonds is 20.